The Balaban J connectivity index is 1.57. The van der Waals surface area contributed by atoms with Crippen LogP contribution in [-0.4, -0.2) is 27.2 Å². The summed E-state index contributed by atoms with van der Waals surface area (Å²) >= 11 is 5.79. The zero-order valence-electron chi connectivity index (χ0n) is 14.8. The van der Waals surface area contributed by atoms with Crippen LogP contribution in [0.5, 0.6) is 5.88 Å². The Morgan fingerprint density at radius 2 is 1.96 bits per heavy atom. The molecule has 0 aliphatic carbocycles. The topological polar surface area (TPSA) is 60.3 Å². The van der Waals surface area contributed by atoms with Crippen LogP contribution in [0.25, 0.3) is 0 Å². The van der Waals surface area contributed by atoms with Crippen molar-refractivity contribution in [2.45, 2.75) is 19.6 Å². The molecule has 144 valence electrons. The summed E-state index contributed by atoms with van der Waals surface area (Å²) in [5.74, 6) is -1.48. The van der Waals surface area contributed by atoms with Gasteiger partial charge in [-0.25, -0.2) is 13.8 Å². The van der Waals surface area contributed by atoms with Gasteiger partial charge in [0.15, 0.2) is 0 Å². The third-order valence-electron chi connectivity index (χ3n) is 4.34. The molecule has 9 heteroatoms. The zero-order valence-corrected chi connectivity index (χ0v) is 15.5. The van der Waals surface area contributed by atoms with Gasteiger partial charge in [-0.1, -0.05) is 11.6 Å². The number of aromatic nitrogens is 3. The van der Waals surface area contributed by atoms with Crippen molar-refractivity contribution in [3.05, 3.63) is 70.6 Å². The van der Waals surface area contributed by atoms with E-state index in [2.05, 4.69) is 10.1 Å². The normalized spacial score (nSPS) is 16.2. The number of carbonyl (C=O) groups excluding carboxylic acids is 1. The Morgan fingerprint density at radius 1 is 1.21 bits per heavy atom. The molecule has 0 bridgehead atoms. The largest absolute Gasteiger partial charge is 0.471 e. The van der Waals surface area contributed by atoms with Gasteiger partial charge in [0.05, 0.1) is 11.1 Å². The fourth-order valence-corrected chi connectivity index (χ4v) is 3.20. The van der Waals surface area contributed by atoms with Crippen molar-refractivity contribution in [1.82, 2.24) is 14.8 Å². The molecule has 3 aromatic rings. The summed E-state index contributed by atoms with van der Waals surface area (Å²) in [7, 11) is 0. The van der Waals surface area contributed by atoms with Crippen LogP contribution in [0.4, 0.5) is 14.5 Å². The number of halogens is 3. The highest BCUT2D eigenvalue weighted by atomic mass is 35.5. The predicted molar refractivity (Wildman–Crippen MR) is 98.6 cm³/mol. The molecule has 6 nitrogen and oxygen atoms in total. The van der Waals surface area contributed by atoms with Crippen LogP contribution >= 0.6 is 11.6 Å². The van der Waals surface area contributed by atoms with Gasteiger partial charge in [-0.15, -0.1) is 0 Å². The lowest BCUT2D eigenvalue weighted by Crippen LogP contribution is -2.42. The summed E-state index contributed by atoms with van der Waals surface area (Å²) in [6.07, 6.45) is 1.47. The number of benzene rings is 1. The van der Waals surface area contributed by atoms with Crippen LogP contribution in [0, 0.1) is 11.6 Å². The molecule has 4 rings (SSSR count). The second-order valence-corrected chi connectivity index (χ2v) is 6.90. The van der Waals surface area contributed by atoms with E-state index in [0.29, 0.717) is 22.3 Å². The maximum Gasteiger partial charge on any atom is 0.276 e. The lowest BCUT2D eigenvalue weighted by atomic mass is 10.1. The molecule has 0 saturated carbocycles. The first-order chi connectivity index (χ1) is 13.4. The number of hydrogen-bond acceptors (Lipinski definition) is 4. The van der Waals surface area contributed by atoms with Crippen molar-refractivity contribution in [3.63, 3.8) is 0 Å². The van der Waals surface area contributed by atoms with E-state index < -0.39 is 11.6 Å². The minimum atomic E-state index is -0.737. The molecule has 3 heterocycles. The maximum atomic E-state index is 13.6. The maximum absolute atomic E-state index is 13.6. The van der Waals surface area contributed by atoms with Crippen molar-refractivity contribution in [2.24, 2.45) is 0 Å². The van der Waals surface area contributed by atoms with Gasteiger partial charge in [-0.3, -0.25) is 9.48 Å². The van der Waals surface area contributed by atoms with Gasteiger partial charge in [0.2, 0.25) is 5.88 Å². The second kappa shape index (κ2) is 7.20. The first kappa shape index (κ1) is 18.4. The van der Waals surface area contributed by atoms with Crippen molar-refractivity contribution in [3.8, 4) is 5.88 Å². The van der Waals surface area contributed by atoms with Crippen LogP contribution in [0.2, 0.25) is 5.02 Å². The standard InChI is InChI=1S/C19H15ClF2N4O2/c1-11-9-25(16-5-13(21)4-14(22)6-16)19(27)17-7-15(24-26(11)17)10-28-18-3-2-12(20)8-23-18/h2-8,11H,9-10H2,1H3/t11-/m1/s1. The third-order valence-corrected chi connectivity index (χ3v) is 4.57. The van der Waals surface area contributed by atoms with Gasteiger partial charge in [0.25, 0.3) is 5.91 Å². The summed E-state index contributed by atoms with van der Waals surface area (Å²) in [5, 5.41) is 4.92. The molecule has 1 aromatic carbocycles. The number of anilines is 1. The number of nitrogens with zero attached hydrogens (tertiary/aromatic N) is 4. The smallest absolute Gasteiger partial charge is 0.276 e. The van der Waals surface area contributed by atoms with Crippen LogP contribution in [0.15, 0.2) is 42.6 Å². The molecule has 0 saturated heterocycles. The highest BCUT2D eigenvalue weighted by molar-refractivity contribution is 6.30. The molecule has 1 aliphatic rings. The highest BCUT2D eigenvalue weighted by Crippen LogP contribution is 2.28. The molecular weight excluding hydrogens is 390 g/mol. The van der Waals surface area contributed by atoms with Crippen LogP contribution in [0.3, 0.4) is 0 Å². The van der Waals surface area contributed by atoms with Crippen LogP contribution < -0.4 is 9.64 Å². The molecular formula is C19H15ClF2N4O2. The number of ether oxygens (including phenoxy) is 1. The van der Waals surface area contributed by atoms with E-state index in [1.54, 1.807) is 22.9 Å². The lowest BCUT2D eigenvalue weighted by Gasteiger charge is -2.31. The SMILES string of the molecule is C[C@@H]1CN(c2cc(F)cc(F)c2)C(=O)c2cc(COc3ccc(Cl)cn3)nn21. The van der Waals surface area contributed by atoms with E-state index in [1.807, 2.05) is 6.92 Å². The Kier molecular flexibility index (Phi) is 4.72. The van der Waals surface area contributed by atoms with E-state index in [0.717, 1.165) is 18.2 Å². The number of fused-ring (bicyclic) bond motifs is 1. The summed E-state index contributed by atoms with van der Waals surface area (Å²) in [6.45, 7) is 2.23. The average Bonchev–Trinajstić information content (AvgIpc) is 3.09. The van der Waals surface area contributed by atoms with Gasteiger partial charge in [-0.05, 0) is 31.2 Å². The number of amides is 1. The minimum absolute atomic E-state index is 0.114. The predicted octanol–water partition coefficient (Wildman–Crippen LogP) is 4.01. The molecule has 0 radical (unpaired) electrons. The highest BCUT2D eigenvalue weighted by Gasteiger charge is 2.32. The summed E-state index contributed by atoms with van der Waals surface area (Å²) in [5.41, 5.74) is 1.04. The molecule has 1 aliphatic heterocycles. The monoisotopic (exact) mass is 404 g/mol. The van der Waals surface area contributed by atoms with E-state index in [1.165, 1.54) is 11.1 Å². The van der Waals surface area contributed by atoms with E-state index in [9.17, 15) is 13.6 Å². The minimum Gasteiger partial charge on any atom is -0.471 e. The molecule has 1 atom stereocenters. The fourth-order valence-electron chi connectivity index (χ4n) is 3.09. The third kappa shape index (κ3) is 3.55. The summed E-state index contributed by atoms with van der Waals surface area (Å²) in [4.78, 5) is 18.2. The van der Waals surface area contributed by atoms with Gasteiger partial charge in [0.1, 0.15) is 29.6 Å². The van der Waals surface area contributed by atoms with Gasteiger partial charge < -0.3 is 9.64 Å². The van der Waals surface area contributed by atoms with Crippen molar-refractivity contribution in [1.29, 1.82) is 0 Å². The number of rotatable bonds is 4. The van der Waals surface area contributed by atoms with Crippen molar-refractivity contribution < 1.29 is 18.3 Å². The molecule has 2 aromatic heterocycles. The van der Waals surface area contributed by atoms with Crippen LogP contribution in [0.1, 0.15) is 29.1 Å². The quantitative estimate of drug-likeness (QED) is 0.659. The Bertz CT molecular complexity index is 1020. The van der Waals surface area contributed by atoms with E-state index >= 15 is 0 Å². The first-order valence-corrected chi connectivity index (χ1v) is 8.89. The number of hydrogen-bond donors (Lipinski definition) is 0. The molecule has 28 heavy (non-hydrogen) atoms. The Hall–Kier alpha value is -3.00. The van der Waals surface area contributed by atoms with E-state index in [4.69, 9.17) is 16.3 Å². The molecule has 0 unspecified atom stereocenters. The van der Waals surface area contributed by atoms with Crippen molar-refractivity contribution >= 4 is 23.2 Å². The number of pyridine rings is 1. The Labute approximate surface area is 164 Å². The number of carbonyl (C=O) groups is 1. The molecule has 1 amide bonds. The molecule has 0 fully saturated rings. The lowest BCUT2D eigenvalue weighted by molar-refractivity contribution is 0.0953. The molecule has 0 N–H and O–H groups in total. The average molecular weight is 405 g/mol. The fraction of sp³-hybridized carbons (Fsp3) is 0.211. The second-order valence-electron chi connectivity index (χ2n) is 6.46. The first-order valence-electron chi connectivity index (χ1n) is 8.51. The van der Waals surface area contributed by atoms with Gasteiger partial charge in [0, 0.05) is 30.6 Å². The Morgan fingerprint density at radius 3 is 2.64 bits per heavy atom. The van der Waals surface area contributed by atoms with E-state index in [-0.39, 0.29) is 30.8 Å². The summed E-state index contributed by atoms with van der Waals surface area (Å²) in [6, 6.07) is 7.76. The van der Waals surface area contributed by atoms with Crippen LogP contribution in [-0.2, 0) is 6.61 Å². The van der Waals surface area contributed by atoms with Gasteiger partial charge in [-0.2, -0.15) is 5.10 Å². The molecule has 0 spiro atoms. The summed E-state index contributed by atoms with van der Waals surface area (Å²) < 4.78 is 34.3. The van der Waals surface area contributed by atoms with Gasteiger partial charge >= 0.3 is 0 Å². The van der Waals surface area contributed by atoms with Crippen molar-refractivity contribution in [2.75, 3.05) is 11.4 Å². The zero-order chi connectivity index (χ0) is 19.8.